The summed E-state index contributed by atoms with van der Waals surface area (Å²) in [4.78, 5) is 2.35. The molecule has 2 aromatic rings. The average molecular weight is 287 g/mol. The lowest BCUT2D eigenvalue weighted by molar-refractivity contribution is 0.725. The molecule has 0 fully saturated rings. The van der Waals surface area contributed by atoms with Gasteiger partial charge in [-0.25, -0.2) is 0 Å². The number of nitrogens with zero attached hydrogens (tertiary/aromatic N) is 1. The van der Waals surface area contributed by atoms with E-state index < -0.39 is 0 Å². The van der Waals surface area contributed by atoms with Gasteiger partial charge in [0, 0.05) is 18.8 Å². The minimum absolute atomic E-state index is 0.831. The summed E-state index contributed by atoms with van der Waals surface area (Å²) in [6.07, 6.45) is 1.09. The van der Waals surface area contributed by atoms with Crippen LogP contribution in [0.15, 0.2) is 42.5 Å². The second-order valence-corrected chi connectivity index (χ2v) is 5.47. The number of hydrogen-bond acceptors (Lipinski definition) is 2. The first-order valence-electron chi connectivity index (χ1n) is 7.15. The molecule has 2 nitrogen and oxygen atoms in total. The van der Waals surface area contributed by atoms with Gasteiger partial charge in [0.05, 0.1) is 10.7 Å². The van der Waals surface area contributed by atoms with Crippen molar-refractivity contribution in [2.45, 2.75) is 19.9 Å². The number of anilines is 2. The predicted molar refractivity (Wildman–Crippen MR) is 86.0 cm³/mol. The van der Waals surface area contributed by atoms with Gasteiger partial charge in [-0.1, -0.05) is 48.9 Å². The van der Waals surface area contributed by atoms with Gasteiger partial charge in [-0.15, -0.1) is 0 Å². The molecule has 1 aliphatic heterocycles. The van der Waals surface area contributed by atoms with Crippen molar-refractivity contribution < 1.29 is 0 Å². The topological polar surface area (TPSA) is 15.3 Å². The van der Waals surface area contributed by atoms with Crippen LogP contribution in [0.1, 0.15) is 18.1 Å². The van der Waals surface area contributed by atoms with E-state index in [-0.39, 0.29) is 0 Å². The molecule has 0 amide bonds. The standard InChI is InChI=1S/C17H19ClN2/c1-2-19-12-14-7-5-8-15(18)17(14)20-11-10-13-6-3-4-9-16(13)20/h3-9,19H,2,10-12H2,1H3. The highest BCUT2D eigenvalue weighted by molar-refractivity contribution is 6.33. The molecule has 0 spiro atoms. The Morgan fingerprint density at radius 2 is 2.00 bits per heavy atom. The summed E-state index contributed by atoms with van der Waals surface area (Å²) in [5.74, 6) is 0. The fourth-order valence-electron chi connectivity index (χ4n) is 2.84. The molecule has 1 N–H and O–H groups in total. The van der Waals surface area contributed by atoms with E-state index in [1.54, 1.807) is 0 Å². The van der Waals surface area contributed by atoms with Crippen LogP contribution < -0.4 is 10.2 Å². The first-order chi connectivity index (χ1) is 9.81. The third-order valence-electron chi connectivity index (χ3n) is 3.79. The van der Waals surface area contributed by atoms with Crippen LogP contribution in [0, 0.1) is 0 Å². The van der Waals surface area contributed by atoms with Crippen LogP contribution >= 0.6 is 11.6 Å². The highest BCUT2D eigenvalue weighted by Crippen LogP contribution is 2.40. The Bertz CT molecular complexity index is 610. The smallest absolute Gasteiger partial charge is 0.0646 e. The maximum Gasteiger partial charge on any atom is 0.0646 e. The fraction of sp³-hybridized carbons (Fsp3) is 0.294. The molecule has 0 bridgehead atoms. The lowest BCUT2D eigenvalue weighted by Crippen LogP contribution is -2.19. The molecule has 3 rings (SSSR count). The van der Waals surface area contributed by atoms with Crippen molar-refractivity contribution >= 4 is 23.0 Å². The molecule has 3 heteroatoms. The van der Waals surface area contributed by atoms with Crippen molar-refractivity contribution in [2.75, 3.05) is 18.0 Å². The largest absolute Gasteiger partial charge is 0.339 e. The molecule has 0 aliphatic carbocycles. The zero-order valence-corrected chi connectivity index (χ0v) is 12.5. The lowest BCUT2D eigenvalue weighted by Gasteiger charge is -2.24. The maximum absolute atomic E-state index is 6.49. The van der Waals surface area contributed by atoms with Gasteiger partial charge >= 0.3 is 0 Å². The van der Waals surface area contributed by atoms with Crippen LogP contribution in [0.2, 0.25) is 5.02 Å². The van der Waals surface area contributed by atoms with E-state index in [9.17, 15) is 0 Å². The van der Waals surface area contributed by atoms with Crippen molar-refractivity contribution in [3.05, 3.63) is 58.6 Å². The molecule has 0 aromatic heterocycles. The average Bonchev–Trinajstić information content (AvgIpc) is 2.89. The zero-order chi connectivity index (χ0) is 13.9. The number of para-hydroxylation sites is 2. The van der Waals surface area contributed by atoms with Gasteiger partial charge in [0.15, 0.2) is 0 Å². The summed E-state index contributed by atoms with van der Waals surface area (Å²) in [6.45, 7) is 4.94. The second kappa shape index (κ2) is 5.86. The molecule has 0 radical (unpaired) electrons. The normalized spacial score (nSPS) is 13.6. The molecule has 20 heavy (non-hydrogen) atoms. The van der Waals surface area contributed by atoms with E-state index in [2.05, 4.69) is 47.5 Å². The van der Waals surface area contributed by atoms with Crippen molar-refractivity contribution in [2.24, 2.45) is 0 Å². The van der Waals surface area contributed by atoms with Crippen molar-refractivity contribution in [1.82, 2.24) is 5.32 Å². The van der Waals surface area contributed by atoms with Gasteiger partial charge in [0.25, 0.3) is 0 Å². The lowest BCUT2D eigenvalue weighted by atomic mass is 10.1. The van der Waals surface area contributed by atoms with E-state index in [1.807, 2.05) is 12.1 Å². The third-order valence-corrected chi connectivity index (χ3v) is 4.10. The van der Waals surface area contributed by atoms with Crippen LogP contribution in [0.3, 0.4) is 0 Å². The van der Waals surface area contributed by atoms with Crippen LogP contribution in [0.25, 0.3) is 0 Å². The Labute approximate surface area is 125 Å². The minimum atomic E-state index is 0.831. The zero-order valence-electron chi connectivity index (χ0n) is 11.7. The van der Waals surface area contributed by atoms with Crippen LogP contribution in [-0.2, 0) is 13.0 Å². The fourth-order valence-corrected chi connectivity index (χ4v) is 3.13. The molecular weight excluding hydrogens is 268 g/mol. The van der Waals surface area contributed by atoms with E-state index >= 15 is 0 Å². The van der Waals surface area contributed by atoms with E-state index in [1.165, 1.54) is 16.8 Å². The Hall–Kier alpha value is -1.51. The van der Waals surface area contributed by atoms with E-state index in [0.29, 0.717) is 0 Å². The van der Waals surface area contributed by atoms with E-state index in [0.717, 1.165) is 36.8 Å². The van der Waals surface area contributed by atoms with Crippen LogP contribution in [0.5, 0.6) is 0 Å². The summed E-state index contributed by atoms with van der Waals surface area (Å²) in [6, 6.07) is 14.8. The number of halogens is 1. The SMILES string of the molecule is CCNCc1cccc(Cl)c1N1CCc2ccccc21. The van der Waals surface area contributed by atoms with Gasteiger partial charge in [-0.2, -0.15) is 0 Å². The Balaban J connectivity index is 2.02. The number of fused-ring (bicyclic) bond motifs is 1. The quantitative estimate of drug-likeness (QED) is 0.908. The van der Waals surface area contributed by atoms with Gasteiger partial charge in [0.1, 0.15) is 0 Å². The molecule has 0 saturated carbocycles. The molecule has 1 heterocycles. The van der Waals surface area contributed by atoms with Gasteiger partial charge in [-0.3, -0.25) is 0 Å². The van der Waals surface area contributed by atoms with Crippen LogP contribution in [-0.4, -0.2) is 13.1 Å². The number of rotatable bonds is 4. The first kappa shape index (κ1) is 13.5. The molecule has 0 saturated heterocycles. The predicted octanol–water partition coefficient (Wildman–Crippen LogP) is 4.14. The summed E-state index contributed by atoms with van der Waals surface area (Å²) in [7, 11) is 0. The van der Waals surface area contributed by atoms with E-state index in [4.69, 9.17) is 11.6 Å². The highest BCUT2D eigenvalue weighted by atomic mass is 35.5. The highest BCUT2D eigenvalue weighted by Gasteiger charge is 2.23. The first-order valence-corrected chi connectivity index (χ1v) is 7.52. The maximum atomic E-state index is 6.49. The molecule has 1 aliphatic rings. The van der Waals surface area contributed by atoms with Gasteiger partial charge < -0.3 is 10.2 Å². The number of benzene rings is 2. The minimum Gasteiger partial charge on any atom is -0.339 e. The summed E-state index contributed by atoms with van der Waals surface area (Å²) in [5, 5.41) is 4.22. The van der Waals surface area contributed by atoms with Crippen molar-refractivity contribution in [1.29, 1.82) is 0 Å². The molecule has 2 aromatic carbocycles. The third kappa shape index (κ3) is 2.41. The van der Waals surface area contributed by atoms with Gasteiger partial charge in [-0.05, 0) is 36.2 Å². The molecular formula is C17H19ClN2. The number of hydrogen-bond donors (Lipinski definition) is 1. The summed E-state index contributed by atoms with van der Waals surface area (Å²) >= 11 is 6.49. The summed E-state index contributed by atoms with van der Waals surface area (Å²) < 4.78 is 0. The van der Waals surface area contributed by atoms with Crippen LogP contribution in [0.4, 0.5) is 11.4 Å². The second-order valence-electron chi connectivity index (χ2n) is 5.06. The Morgan fingerprint density at radius 1 is 1.15 bits per heavy atom. The molecule has 0 unspecified atom stereocenters. The van der Waals surface area contributed by atoms with Crippen molar-refractivity contribution in [3.8, 4) is 0 Å². The van der Waals surface area contributed by atoms with Gasteiger partial charge in [0.2, 0.25) is 0 Å². The number of nitrogens with one attached hydrogen (secondary N) is 1. The summed E-state index contributed by atoms with van der Waals surface area (Å²) in [5.41, 5.74) is 5.11. The Morgan fingerprint density at radius 3 is 2.85 bits per heavy atom. The Kier molecular flexibility index (Phi) is 3.95. The van der Waals surface area contributed by atoms with Crippen molar-refractivity contribution in [3.63, 3.8) is 0 Å². The molecule has 0 atom stereocenters. The molecule has 104 valence electrons. The monoisotopic (exact) mass is 286 g/mol.